The predicted molar refractivity (Wildman–Crippen MR) is 438 cm³/mol. The van der Waals surface area contributed by atoms with Gasteiger partial charge in [0, 0.05) is 49.0 Å². The molecule has 0 aliphatic rings. The van der Waals surface area contributed by atoms with E-state index in [0.717, 1.165) is 77.7 Å². The highest BCUT2D eigenvalue weighted by Crippen LogP contribution is 2.22. The third kappa shape index (κ3) is 40.9. The van der Waals surface area contributed by atoms with Crippen molar-refractivity contribution in [2.75, 3.05) is 68.3 Å². The number of hydrogen-bond acceptors (Lipinski definition) is 26. The molecule has 676 valence electrons. The molecule has 13 amide bonds. The lowest BCUT2D eigenvalue weighted by Gasteiger charge is -2.29. The summed E-state index contributed by atoms with van der Waals surface area (Å²) in [5.74, 6) is -19.8. The van der Waals surface area contributed by atoms with Crippen molar-refractivity contribution in [3.8, 4) is 0 Å². The first kappa shape index (κ1) is 106. The molecular formula is C81H127N15O25. The van der Waals surface area contributed by atoms with Gasteiger partial charge in [0.2, 0.25) is 76.8 Å². The van der Waals surface area contributed by atoms with Gasteiger partial charge in [0.05, 0.1) is 72.6 Å². The maximum atomic E-state index is 14.8. The van der Waals surface area contributed by atoms with E-state index in [1.54, 1.807) is 60.0 Å². The Kier molecular flexibility index (Phi) is 49.0. The van der Waals surface area contributed by atoms with Crippen LogP contribution in [-0.4, -0.2) is 258 Å². The summed E-state index contributed by atoms with van der Waals surface area (Å²) in [4.78, 5) is 263. The van der Waals surface area contributed by atoms with Gasteiger partial charge in [-0.05, 0) is 98.4 Å². The van der Waals surface area contributed by atoms with Crippen LogP contribution in [0.1, 0.15) is 184 Å². The normalized spacial score (nSPS) is 14.3. The number of unbranched alkanes of at least 4 members (excludes halogenated alkanes) is 6. The second-order valence-electron chi connectivity index (χ2n) is 30.3. The Bertz CT molecular complexity index is 3840. The Morgan fingerprint density at radius 2 is 0.983 bits per heavy atom. The fourth-order valence-electron chi connectivity index (χ4n) is 11.8. The Labute approximate surface area is 705 Å². The zero-order chi connectivity index (χ0) is 91.1. The number of H-pyrrole nitrogens is 1. The van der Waals surface area contributed by atoms with Crippen molar-refractivity contribution in [3.05, 3.63) is 48.7 Å². The quantitative estimate of drug-likeness (QED) is 0.0169. The number of nitrogens with one attached hydrogen (secondary N) is 15. The van der Waals surface area contributed by atoms with Gasteiger partial charge in [-0.25, -0.2) is 4.79 Å². The third-order valence-corrected chi connectivity index (χ3v) is 19.1. The molecule has 40 heteroatoms. The first-order valence-corrected chi connectivity index (χ1v) is 40.4. The van der Waals surface area contributed by atoms with Gasteiger partial charge >= 0.3 is 29.8 Å². The standard InChI is InChI=1S/C81H127N15O25/c1-17-20-21-22-23-24-25-32-62(98)88-56(37-51-42-83-53-30-27-26-29-52(51)53)74(109)92-57(38-63(99)96-81(9,10)11)75(110)94-60(41-68(104)119-16)76(111)95-69(50(8)121-79(114)48(6)46(4)19-3)78(113)85-44-64(100)87-54(31-28-35-82-12)72(107)93-59(40-67(103)118-15)73(108)86-49(7)70(105)91-58(39-66(102)117-14)71(106)84-43-65(101)89-61(45-116-13)77(112)90-55(34-33-47(5)97)80(115)120-36-18-2/h18,26-27,29-30,42,46,48-50,54-61,69,82-83H,2,17,19-25,28,31-41,43-45H2,1,3-16H3,(H,84,106)(H,85,113)(H,86,108)(H,87,100)(H,88,98)(H,89,101)(H,90,112)(H,91,105)(H,92,109)(H,93,107)(H,94,110)(H,95,111)(H,96,99). The Hall–Kier alpha value is -11.5. The maximum Gasteiger partial charge on any atom is 0.328 e. The number of methoxy groups -OCH3 is 4. The molecule has 0 aliphatic carbocycles. The number of rotatable bonds is 58. The van der Waals surface area contributed by atoms with Crippen LogP contribution >= 0.6 is 0 Å². The molecule has 1 heterocycles. The summed E-state index contributed by atoms with van der Waals surface area (Å²) in [5.41, 5.74) is 0.477. The molecule has 0 fully saturated rings. The molecule has 13 atom stereocenters. The number of hydrogen-bond donors (Lipinski definition) is 15. The minimum atomic E-state index is -2.00. The molecule has 13 unspecified atom stereocenters. The molecule has 0 aliphatic heterocycles. The van der Waals surface area contributed by atoms with E-state index in [0.29, 0.717) is 18.4 Å². The van der Waals surface area contributed by atoms with Gasteiger partial charge in [-0.15, -0.1) is 0 Å². The number of aromatic nitrogens is 1. The lowest BCUT2D eigenvalue weighted by molar-refractivity contribution is -0.158. The molecular weight excluding hydrogens is 1580 g/mol. The van der Waals surface area contributed by atoms with E-state index in [4.69, 9.17) is 28.4 Å². The van der Waals surface area contributed by atoms with Gasteiger partial charge in [0.25, 0.3) is 0 Å². The lowest BCUT2D eigenvalue weighted by Crippen LogP contribution is -2.61. The van der Waals surface area contributed by atoms with E-state index < -0.39 is 230 Å². The Morgan fingerprint density at radius 1 is 0.496 bits per heavy atom. The fourth-order valence-corrected chi connectivity index (χ4v) is 11.8. The van der Waals surface area contributed by atoms with Crippen LogP contribution in [0.5, 0.6) is 0 Å². The number of esters is 5. The monoisotopic (exact) mass is 1710 g/mol. The lowest BCUT2D eigenvalue weighted by atomic mass is 9.94. The van der Waals surface area contributed by atoms with Crippen molar-refractivity contribution in [3.63, 3.8) is 0 Å². The predicted octanol–water partition coefficient (Wildman–Crippen LogP) is -0.696. The van der Waals surface area contributed by atoms with Crippen LogP contribution in [0.3, 0.4) is 0 Å². The number of Topliss-reactive ketones (excluding diaryl/α,β-unsaturated/α-hetero) is 1. The number of fused-ring (bicyclic) bond motifs is 1. The van der Waals surface area contributed by atoms with E-state index in [-0.39, 0.29) is 63.4 Å². The van der Waals surface area contributed by atoms with Gasteiger partial charge in [-0.2, -0.15) is 0 Å². The maximum absolute atomic E-state index is 14.8. The molecule has 0 saturated carbocycles. The van der Waals surface area contributed by atoms with Crippen molar-refractivity contribution in [2.45, 2.75) is 257 Å². The van der Waals surface area contributed by atoms with Gasteiger partial charge in [0.15, 0.2) is 0 Å². The zero-order valence-electron chi connectivity index (χ0n) is 72.1. The minimum Gasteiger partial charge on any atom is -0.469 e. The van der Waals surface area contributed by atoms with Gasteiger partial charge in [-0.1, -0.05) is 103 Å². The number of carbonyl (C=O) groups is 19. The summed E-state index contributed by atoms with van der Waals surface area (Å²) in [7, 11) is 5.69. The van der Waals surface area contributed by atoms with Gasteiger partial charge < -0.3 is 113 Å². The minimum absolute atomic E-state index is 0.0714. The van der Waals surface area contributed by atoms with E-state index in [1.807, 2.05) is 19.1 Å². The molecule has 40 nitrogen and oxygen atoms in total. The number of amides is 13. The van der Waals surface area contributed by atoms with Gasteiger partial charge in [0.1, 0.15) is 78.9 Å². The van der Waals surface area contributed by atoms with Crippen LogP contribution in [0.2, 0.25) is 0 Å². The summed E-state index contributed by atoms with van der Waals surface area (Å²) < 4.78 is 30.2. The number of ether oxygens (including phenoxy) is 6. The average molecular weight is 1710 g/mol. The van der Waals surface area contributed by atoms with Crippen LogP contribution in [0.15, 0.2) is 43.1 Å². The third-order valence-electron chi connectivity index (χ3n) is 19.1. The van der Waals surface area contributed by atoms with Crippen LogP contribution in [0.4, 0.5) is 0 Å². The molecule has 1 aromatic carbocycles. The Morgan fingerprint density at radius 3 is 1.53 bits per heavy atom. The molecule has 2 rings (SSSR count). The summed E-state index contributed by atoms with van der Waals surface area (Å²) in [6, 6.07) is -9.67. The van der Waals surface area contributed by atoms with Crippen molar-refractivity contribution in [2.24, 2.45) is 11.8 Å². The smallest absolute Gasteiger partial charge is 0.328 e. The summed E-state index contributed by atoms with van der Waals surface area (Å²) in [5, 5.41) is 35.2. The second kappa shape index (κ2) is 56.1. The van der Waals surface area contributed by atoms with Gasteiger partial charge in [-0.3, -0.25) is 81.5 Å². The van der Waals surface area contributed by atoms with Crippen molar-refractivity contribution in [1.82, 2.24) is 79.4 Å². The molecule has 2 aromatic rings. The van der Waals surface area contributed by atoms with Crippen molar-refractivity contribution in [1.29, 1.82) is 0 Å². The SMILES string of the molecule is C=CCOC(=O)C(CCC(C)=O)NC(=O)C(COC)NC(=O)CNC(=O)C(CC(=O)OC)NC(=O)C(C)NC(=O)C(CC(=O)OC)NC(=O)C(CCCNC)NC(=O)CNC(=O)C(NC(=O)C(CC(=O)OC)NC(=O)C(CC(=O)NC(C)(C)C)NC(=O)C(Cc1c[nH]c2ccccc12)NC(=O)CCCCCCCCC)C(C)OC(=O)C(C)C(C)CC. The molecule has 0 saturated heterocycles. The van der Waals surface area contributed by atoms with Crippen LogP contribution in [0, 0.1) is 11.8 Å². The Balaban J connectivity index is 2.53. The van der Waals surface area contributed by atoms with Crippen molar-refractivity contribution >= 4 is 123 Å². The highest BCUT2D eigenvalue weighted by atomic mass is 16.6. The summed E-state index contributed by atoms with van der Waals surface area (Å²) in [6.45, 7) is 17.0. The number of benzene rings is 1. The number of para-hydroxylation sites is 1. The largest absolute Gasteiger partial charge is 0.469 e. The molecule has 1 aromatic heterocycles. The first-order valence-electron chi connectivity index (χ1n) is 40.4. The number of carbonyl (C=O) groups excluding carboxylic acids is 19. The van der Waals surface area contributed by atoms with E-state index >= 15 is 0 Å². The van der Waals surface area contributed by atoms with E-state index in [9.17, 15) is 91.1 Å². The highest BCUT2D eigenvalue weighted by Gasteiger charge is 2.40. The van der Waals surface area contributed by atoms with E-state index in [2.05, 4.69) is 92.9 Å². The molecule has 15 N–H and O–H groups in total. The highest BCUT2D eigenvalue weighted by molar-refractivity contribution is 6.02. The molecule has 0 bridgehead atoms. The van der Waals surface area contributed by atoms with Crippen LogP contribution < -0.4 is 74.4 Å². The molecule has 0 spiro atoms. The first-order chi connectivity index (χ1) is 57.2. The second-order valence-corrected chi connectivity index (χ2v) is 30.3. The zero-order valence-corrected chi connectivity index (χ0v) is 72.1. The summed E-state index contributed by atoms with van der Waals surface area (Å²) >= 11 is 0. The molecule has 121 heavy (non-hydrogen) atoms. The number of ketones is 1. The van der Waals surface area contributed by atoms with Crippen LogP contribution in [0.25, 0.3) is 10.9 Å². The fraction of sp³-hybridized carbons (Fsp3) is 0.642. The summed E-state index contributed by atoms with van der Waals surface area (Å²) in [6.07, 6.45) is 4.46. The van der Waals surface area contributed by atoms with Crippen molar-refractivity contribution < 1.29 is 120 Å². The average Bonchev–Trinajstić information content (AvgIpc) is 1.70. The topological polar surface area (TPSA) is 564 Å². The molecule has 0 radical (unpaired) electrons. The van der Waals surface area contributed by atoms with Crippen LogP contribution in [-0.2, 0) is 126 Å². The number of aromatic amines is 1. The van der Waals surface area contributed by atoms with E-state index in [1.165, 1.54) is 27.0 Å².